The number of aryl methyl sites for hydroxylation is 1. The Labute approximate surface area is 218 Å². The maximum atomic E-state index is 12.3. The first kappa shape index (κ1) is 26.4. The summed E-state index contributed by atoms with van der Waals surface area (Å²) in [5.41, 5.74) is 13.0. The van der Waals surface area contributed by atoms with Crippen LogP contribution in [0.5, 0.6) is 5.75 Å². The standard InChI is InChI=1S/C29H36N4O4/c1-20-5-4-6-25(26(20)17-33(19-34)23-7-9-24(36-3)10-8-23)29(30)27-18-32(21(2)35)14-11-28(27)31-22-12-15-37-16-13-22/h4-10,19,22H,11-18,30H2,1-3H3. The van der Waals surface area contributed by atoms with Crippen molar-refractivity contribution in [3.8, 4) is 5.75 Å². The van der Waals surface area contributed by atoms with Crippen LogP contribution in [0.15, 0.2) is 53.0 Å². The number of anilines is 1. The van der Waals surface area contributed by atoms with Gasteiger partial charge in [0, 0.05) is 67.9 Å². The number of hydrogen-bond donors (Lipinski definition) is 1. The molecule has 0 radical (unpaired) electrons. The topological polar surface area (TPSA) is 97.5 Å². The van der Waals surface area contributed by atoms with Gasteiger partial charge in [0.2, 0.25) is 12.3 Å². The van der Waals surface area contributed by atoms with E-state index in [-0.39, 0.29) is 11.9 Å². The van der Waals surface area contributed by atoms with Crippen molar-refractivity contribution in [1.29, 1.82) is 0 Å². The summed E-state index contributed by atoms with van der Waals surface area (Å²) in [5, 5.41) is 0. The highest BCUT2D eigenvalue weighted by Crippen LogP contribution is 2.29. The number of piperidine rings is 1. The van der Waals surface area contributed by atoms with E-state index in [9.17, 15) is 9.59 Å². The first-order valence-corrected chi connectivity index (χ1v) is 12.7. The first-order chi connectivity index (χ1) is 17.9. The van der Waals surface area contributed by atoms with Crippen LogP contribution in [0.25, 0.3) is 5.70 Å². The molecule has 2 N–H and O–H groups in total. The molecule has 0 unspecified atom stereocenters. The maximum Gasteiger partial charge on any atom is 0.219 e. The van der Waals surface area contributed by atoms with Crippen molar-refractivity contribution in [1.82, 2.24) is 4.90 Å². The number of benzene rings is 2. The monoisotopic (exact) mass is 504 g/mol. The van der Waals surface area contributed by atoms with E-state index in [1.165, 1.54) is 0 Å². The summed E-state index contributed by atoms with van der Waals surface area (Å²) in [6.07, 6.45) is 3.27. The number of likely N-dealkylation sites (tertiary alicyclic amines) is 1. The Balaban J connectivity index is 1.73. The summed E-state index contributed by atoms with van der Waals surface area (Å²) in [7, 11) is 1.61. The number of ether oxygens (including phenoxy) is 2. The van der Waals surface area contributed by atoms with E-state index in [1.54, 1.807) is 18.9 Å². The van der Waals surface area contributed by atoms with Gasteiger partial charge in [0.1, 0.15) is 5.75 Å². The number of hydrogen-bond acceptors (Lipinski definition) is 6. The molecule has 2 fully saturated rings. The van der Waals surface area contributed by atoms with Crippen LogP contribution in [0.2, 0.25) is 0 Å². The van der Waals surface area contributed by atoms with Gasteiger partial charge in [0.25, 0.3) is 0 Å². The smallest absolute Gasteiger partial charge is 0.219 e. The lowest BCUT2D eigenvalue weighted by Crippen LogP contribution is -2.40. The normalized spacial score (nSPS) is 19.0. The second-order valence-corrected chi connectivity index (χ2v) is 9.53. The van der Waals surface area contributed by atoms with Crippen LogP contribution in [0.4, 0.5) is 5.69 Å². The molecule has 196 valence electrons. The zero-order chi connectivity index (χ0) is 26.4. The molecular weight excluding hydrogens is 468 g/mol. The van der Waals surface area contributed by atoms with Crippen molar-refractivity contribution in [2.45, 2.75) is 45.7 Å². The average molecular weight is 505 g/mol. The Kier molecular flexibility index (Phi) is 8.61. The lowest BCUT2D eigenvalue weighted by molar-refractivity contribution is -0.128. The molecule has 2 aromatic carbocycles. The summed E-state index contributed by atoms with van der Waals surface area (Å²) < 4.78 is 10.8. The second-order valence-electron chi connectivity index (χ2n) is 9.53. The molecule has 2 aromatic rings. The van der Waals surface area contributed by atoms with E-state index < -0.39 is 0 Å². The van der Waals surface area contributed by atoms with Gasteiger partial charge >= 0.3 is 0 Å². The third-order valence-corrected chi connectivity index (χ3v) is 7.18. The third kappa shape index (κ3) is 6.20. The number of carbonyl (C=O) groups excluding carboxylic acids is 2. The highest BCUT2D eigenvalue weighted by atomic mass is 16.5. The summed E-state index contributed by atoms with van der Waals surface area (Å²) in [6, 6.07) is 13.6. The SMILES string of the molecule is COc1ccc(N(C=O)Cc2c(C)cccc2C(N)=C2CN(C(C)=O)CCC2=NC2CCOCC2)cc1. The molecule has 0 atom stereocenters. The van der Waals surface area contributed by atoms with Gasteiger partial charge in [-0.25, -0.2) is 0 Å². The summed E-state index contributed by atoms with van der Waals surface area (Å²) in [6.45, 7) is 6.44. The number of carbonyl (C=O) groups is 2. The van der Waals surface area contributed by atoms with Crippen molar-refractivity contribution in [3.63, 3.8) is 0 Å². The Hall–Kier alpha value is -3.65. The largest absolute Gasteiger partial charge is 0.497 e. The number of nitrogens with zero attached hydrogens (tertiary/aromatic N) is 3. The molecule has 2 aliphatic rings. The molecule has 2 aliphatic heterocycles. The van der Waals surface area contributed by atoms with Gasteiger partial charge in [-0.1, -0.05) is 18.2 Å². The predicted octanol–water partition coefficient (Wildman–Crippen LogP) is 3.71. The van der Waals surface area contributed by atoms with Gasteiger partial charge in [-0.2, -0.15) is 0 Å². The van der Waals surface area contributed by atoms with Gasteiger partial charge in [0.05, 0.1) is 19.7 Å². The summed E-state index contributed by atoms with van der Waals surface area (Å²) in [4.78, 5) is 33.0. The molecule has 2 amide bonds. The average Bonchev–Trinajstić information content (AvgIpc) is 2.92. The fourth-order valence-electron chi connectivity index (χ4n) is 4.90. The van der Waals surface area contributed by atoms with Gasteiger partial charge in [0.15, 0.2) is 0 Å². The quantitative estimate of drug-likeness (QED) is 0.580. The lowest BCUT2D eigenvalue weighted by atomic mass is 9.92. The summed E-state index contributed by atoms with van der Waals surface area (Å²) in [5.74, 6) is 0.746. The molecule has 0 bridgehead atoms. The minimum absolute atomic E-state index is 0.0199. The maximum absolute atomic E-state index is 12.3. The number of rotatable bonds is 7. The van der Waals surface area contributed by atoms with Crippen LogP contribution in [-0.2, 0) is 20.9 Å². The van der Waals surface area contributed by atoms with E-state index in [2.05, 4.69) is 0 Å². The molecule has 2 heterocycles. The van der Waals surface area contributed by atoms with Crippen LogP contribution < -0.4 is 15.4 Å². The number of aliphatic imine (C=N–C) groups is 1. The van der Waals surface area contributed by atoms with Crippen molar-refractivity contribution >= 4 is 29.4 Å². The molecule has 37 heavy (non-hydrogen) atoms. The molecule has 0 spiro atoms. The minimum Gasteiger partial charge on any atom is -0.497 e. The molecule has 0 aromatic heterocycles. The van der Waals surface area contributed by atoms with Gasteiger partial charge in [-0.15, -0.1) is 0 Å². The van der Waals surface area contributed by atoms with E-state index >= 15 is 0 Å². The van der Waals surface area contributed by atoms with Crippen LogP contribution >= 0.6 is 0 Å². The lowest BCUT2D eigenvalue weighted by Gasteiger charge is -2.32. The zero-order valence-corrected chi connectivity index (χ0v) is 21.9. The number of nitrogens with two attached hydrogens (primary N) is 1. The predicted molar refractivity (Wildman–Crippen MR) is 146 cm³/mol. The molecule has 2 saturated heterocycles. The third-order valence-electron chi connectivity index (χ3n) is 7.18. The fraction of sp³-hybridized carbons (Fsp3) is 0.414. The van der Waals surface area contributed by atoms with E-state index in [4.69, 9.17) is 20.2 Å². The molecule has 0 saturated carbocycles. The van der Waals surface area contributed by atoms with E-state index in [0.717, 1.165) is 58.7 Å². The van der Waals surface area contributed by atoms with Gasteiger partial charge in [-0.05, 0) is 55.2 Å². The van der Waals surface area contributed by atoms with Crippen molar-refractivity contribution in [2.24, 2.45) is 10.7 Å². The van der Waals surface area contributed by atoms with Gasteiger partial charge < -0.3 is 25.0 Å². The van der Waals surface area contributed by atoms with Crippen LogP contribution in [-0.4, -0.2) is 62.4 Å². The minimum atomic E-state index is 0.0199. The second kappa shape index (κ2) is 12.1. The highest BCUT2D eigenvalue weighted by Gasteiger charge is 2.27. The number of methoxy groups -OCH3 is 1. The molecule has 0 aliphatic carbocycles. The molecule has 8 nitrogen and oxygen atoms in total. The first-order valence-electron chi connectivity index (χ1n) is 12.7. The molecule has 8 heteroatoms. The Morgan fingerprint density at radius 3 is 2.59 bits per heavy atom. The van der Waals surface area contributed by atoms with Crippen LogP contribution in [0, 0.1) is 6.92 Å². The Morgan fingerprint density at radius 2 is 1.95 bits per heavy atom. The Morgan fingerprint density at radius 1 is 1.22 bits per heavy atom. The Bertz CT molecular complexity index is 1180. The van der Waals surface area contributed by atoms with Gasteiger partial charge in [-0.3, -0.25) is 14.6 Å². The van der Waals surface area contributed by atoms with Crippen LogP contribution in [0.3, 0.4) is 0 Å². The van der Waals surface area contributed by atoms with E-state index in [0.29, 0.717) is 45.0 Å². The van der Waals surface area contributed by atoms with Crippen molar-refractivity contribution in [3.05, 3.63) is 64.7 Å². The zero-order valence-electron chi connectivity index (χ0n) is 21.9. The molecular formula is C29H36N4O4. The highest BCUT2D eigenvalue weighted by molar-refractivity contribution is 6.08. The van der Waals surface area contributed by atoms with Crippen molar-refractivity contribution in [2.75, 3.05) is 38.3 Å². The molecule has 4 rings (SSSR count). The summed E-state index contributed by atoms with van der Waals surface area (Å²) >= 11 is 0. The fourth-order valence-corrected chi connectivity index (χ4v) is 4.90. The van der Waals surface area contributed by atoms with Crippen molar-refractivity contribution < 1.29 is 19.1 Å². The van der Waals surface area contributed by atoms with E-state index in [1.807, 2.05) is 54.3 Å². The number of amides is 2. The van der Waals surface area contributed by atoms with Crippen LogP contribution in [0.1, 0.15) is 42.9 Å².